The van der Waals surface area contributed by atoms with Crippen LogP contribution in [-0.4, -0.2) is 57.5 Å². The monoisotopic (exact) mass is 866 g/mol. The molecule has 7 aromatic rings. The first-order valence-corrected chi connectivity index (χ1v) is 22.7. The summed E-state index contributed by atoms with van der Waals surface area (Å²) < 4.78 is 44.3. The molecule has 12 nitrogen and oxygen atoms in total. The van der Waals surface area contributed by atoms with Gasteiger partial charge in [-0.05, 0) is 87.5 Å². The molecule has 0 aliphatic carbocycles. The summed E-state index contributed by atoms with van der Waals surface area (Å²) in [7, 11) is -3.97. The van der Waals surface area contributed by atoms with E-state index in [1.54, 1.807) is 16.8 Å². The minimum atomic E-state index is -3.97. The lowest BCUT2D eigenvalue weighted by Crippen LogP contribution is -2.47. The average Bonchev–Trinajstić information content (AvgIpc) is 3.79. The number of hydrogen-bond acceptors (Lipinski definition) is 10. The van der Waals surface area contributed by atoms with Crippen LogP contribution in [0.15, 0.2) is 168 Å². The Labute approximate surface area is 365 Å². The third-order valence-electron chi connectivity index (χ3n) is 10.6. The second-order valence-corrected chi connectivity index (χ2v) is 17.8. The van der Waals surface area contributed by atoms with Crippen LogP contribution in [0, 0.1) is 6.92 Å². The van der Waals surface area contributed by atoms with E-state index in [-0.39, 0.29) is 36.7 Å². The summed E-state index contributed by atoms with van der Waals surface area (Å²) in [4.78, 5) is 13.8. The number of tetrazole rings is 1. The van der Waals surface area contributed by atoms with Crippen LogP contribution in [0.2, 0.25) is 0 Å². The molecule has 1 amide bonds. The van der Waals surface area contributed by atoms with Gasteiger partial charge in [0.2, 0.25) is 21.1 Å². The number of ether oxygens (including phenoxy) is 2. The number of amides is 1. The zero-order valence-electron chi connectivity index (χ0n) is 33.9. The second kappa shape index (κ2) is 19.8. The van der Waals surface area contributed by atoms with E-state index in [1.165, 1.54) is 23.9 Å². The molecule has 1 saturated heterocycles. The Bertz CT molecular complexity index is 2670. The SMILES string of the molecule is Cc1ccc(S(=O)(=O)N[C@H](Cc2ccccc2)C(=O)NCc2cccc(-c3ccc([C@H]4O[C@@H](CSc5nnnn5-c5ccccc5)C[C@@H](c5ccc(CO)cc5)O4)cc3)c2)cc1. The number of carbonyl (C=O) groups is 1. The number of rotatable bonds is 16. The lowest BCUT2D eigenvalue weighted by molar-refractivity contribution is -0.245. The van der Waals surface area contributed by atoms with Crippen molar-refractivity contribution in [3.63, 3.8) is 0 Å². The Balaban J connectivity index is 0.952. The summed E-state index contributed by atoms with van der Waals surface area (Å²) in [5.41, 5.74) is 8.07. The summed E-state index contributed by atoms with van der Waals surface area (Å²) >= 11 is 1.52. The van der Waals surface area contributed by atoms with E-state index in [4.69, 9.17) is 9.47 Å². The lowest BCUT2D eigenvalue weighted by Gasteiger charge is -2.36. The average molecular weight is 867 g/mol. The minimum Gasteiger partial charge on any atom is -0.392 e. The standard InChI is InChI=1S/C48H46N6O6S2/c1-33-15-25-43(26-16-33)62(57,58)51-44(28-34-9-4-2-5-10-34)46(56)49-30-36-11-8-12-40(27-36)37-21-23-39(24-22-37)47-59-42(29-45(60-47)38-19-17-35(31-55)18-20-38)32-61-48-50-52-53-54(48)41-13-6-3-7-14-41/h2-27,42,44-45,47,51,55H,28-32H2,1H3,(H,49,56)/t42-,44-,45+,47+/m1/s1. The molecule has 2 heterocycles. The number of aryl methyl sites for hydroxylation is 1. The molecule has 8 rings (SSSR count). The Morgan fingerprint density at radius 3 is 2.21 bits per heavy atom. The number of nitrogens with zero attached hydrogens (tertiary/aromatic N) is 4. The molecule has 0 saturated carbocycles. The van der Waals surface area contributed by atoms with E-state index in [1.807, 2.05) is 140 Å². The maximum atomic E-state index is 13.7. The number of aliphatic hydroxyl groups excluding tert-OH is 1. The number of nitrogens with one attached hydrogen (secondary N) is 2. The van der Waals surface area contributed by atoms with Gasteiger partial charge in [0.15, 0.2) is 6.29 Å². The van der Waals surface area contributed by atoms with Crippen LogP contribution in [0.3, 0.4) is 0 Å². The first-order valence-electron chi connectivity index (χ1n) is 20.3. The molecule has 1 aromatic heterocycles. The summed E-state index contributed by atoms with van der Waals surface area (Å²) in [5, 5.41) is 25.7. The minimum absolute atomic E-state index is 0.0368. The molecule has 0 spiro atoms. The normalized spacial score (nSPS) is 17.0. The summed E-state index contributed by atoms with van der Waals surface area (Å²) in [6.45, 7) is 2.05. The molecule has 1 fully saturated rings. The summed E-state index contributed by atoms with van der Waals surface area (Å²) in [6.07, 6.45) is -0.302. The van der Waals surface area contributed by atoms with Gasteiger partial charge in [-0.2, -0.15) is 9.40 Å². The Kier molecular flexibility index (Phi) is 13.6. The summed E-state index contributed by atoms with van der Waals surface area (Å²) in [5.74, 6) is 0.159. The van der Waals surface area contributed by atoms with E-state index in [0.717, 1.165) is 50.2 Å². The van der Waals surface area contributed by atoms with Crippen molar-refractivity contribution in [2.75, 3.05) is 5.75 Å². The molecule has 0 radical (unpaired) electrons. The largest absolute Gasteiger partial charge is 0.392 e. The lowest BCUT2D eigenvalue weighted by atomic mass is 9.99. The number of aromatic nitrogens is 4. The zero-order chi connectivity index (χ0) is 42.9. The van der Waals surface area contributed by atoms with Gasteiger partial charge in [0.1, 0.15) is 6.04 Å². The van der Waals surface area contributed by atoms with E-state index < -0.39 is 28.3 Å². The van der Waals surface area contributed by atoms with Crippen LogP contribution in [0.25, 0.3) is 16.8 Å². The van der Waals surface area contributed by atoms with Crippen molar-refractivity contribution in [3.05, 3.63) is 191 Å². The third kappa shape index (κ3) is 10.7. The highest BCUT2D eigenvalue weighted by molar-refractivity contribution is 7.99. The van der Waals surface area contributed by atoms with Crippen LogP contribution < -0.4 is 10.0 Å². The van der Waals surface area contributed by atoms with Gasteiger partial charge < -0.3 is 19.9 Å². The van der Waals surface area contributed by atoms with E-state index in [9.17, 15) is 18.3 Å². The molecule has 6 aromatic carbocycles. The van der Waals surface area contributed by atoms with Gasteiger partial charge in [0.25, 0.3) is 0 Å². The van der Waals surface area contributed by atoms with Gasteiger partial charge in [-0.1, -0.05) is 145 Å². The predicted octanol–water partition coefficient (Wildman–Crippen LogP) is 7.67. The zero-order valence-corrected chi connectivity index (χ0v) is 35.6. The molecular weight excluding hydrogens is 821 g/mol. The number of carbonyl (C=O) groups excluding carboxylic acids is 1. The van der Waals surface area contributed by atoms with E-state index >= 15 is 0 Å². The number of para-hydroxylation sites is 1. The fourth-order valence-electron chi connectivity index (χ4n) is 7.21. The van der Waals surface area contributed by atoms with E-state index in [0.29, 0.717) is 17.3 Å². The maximum Gasteiger partial charge on any atom is 0.241 e. The van der Waals surface area contributed by atoms with Crippen molar-refractivity contribution < 1.29 is 27.8 Å². The van der Waals surface area contributed by atoms with Gasteiger partial charge in [0, 0.05) is 24.3 Å². The van der Waals surface area contributed by atoms with Crippen LogP contribution in [0.1, 0.15) is 52.2 Å². The van der Waals surface area contributed by atoms with Gasteiger partial charge in [-0.25, -0.2) is 8.42 Å². The Morgan fingerprint density at radius 2 is 1.48 bits per heavy atom. The van der Waals surface area contributed by atoms with Crippen molar-refractivity contribution in [1.82, 2.24) is 30.2 Å². The number of benzene rings is 6. The van der Waals surface area contributed by atoms with Gasteiger partial charge in [-0.3, -0.25) is 4.79 Å². The molecule has 62 heavy (non-hydrogen) atoms. The maximum absolute atomic E-state index is 13.7. The predicted molar refractivity (Wildman–Crippen MR) is 237 cm³/mol. The van der Waals surface area contributed by atoms with Crippen LogP contribution in [-0.2, 0) is 43.9 Å². The molecule has 14 heteroatoms. The van der Waals surface area contributed by atoms with Gasteiger partial charge in [-0.15, -0.1) is 5.10 Å². The molecule has 1 aliphatic rings. The van der Waals surface area contributed by atoms with Crippen molar-refractivity contribution >= 4 is 27.7 Å². The third-order valence-corrected chi connectivity index (χ3v) is 13.1. The molecule has 0 bridgehead atoms. The van der Waals surface area contributed by atoms with E-state index in [2.05, 4.69) is 25.6 Å². The second-order valence-electron chi connectivity index (χ2n) is 15.1. The summed E-state index contributed by atoms with van der Waals surface area (Å²) in [6, 6.07) is 48.3. The fourth-order valence-corrected chi connectivity index (χ4v) is 9.31. The highest BCUT2D eigenvalue weighted by Gasteiger charge is 2.33. The highest BCUT2D eigenvalue weighted by Crippen LogP contribution is 2.40. The van der Waals surface area contributed by atoms with Crippen molar-refractivity contribution in [2.45, 2.75) is 67.5 Å². The quantitative estimate of drug-likeness (QED) is 0.0824. The fraction of sp³-hybridized carbons (Fsp3) is 0.208. The Hall–Kier alpha value is -6.00. The molecule has 316 valence electrons. The molecule has 4 atom stereocenters. The number of aliphatic hydroxyl groups is 1. The van der Waals surface area contributed by atoms with Crippen molar-refractivity contribution in [2.24, 2.45) is 0 Å². The molecule has 0 unspecified atom stereocenters. The van der Waals surface area contributed by atoms with Crippen LogP contribution in [0.5, 0.6) is 0 Å². The van der Waals surface area contributed by atoms with Crippen molar-refractivity contribution in [1.29, 1.82) is 0 Å². The topological polar surface area (TPSA) is 158 Å². The first kappa shape index (κ1) is 42.7. The van der Waals surface area contributed by atoms with Crippen LogP contribution >= 0.6 is 11.8 Å². The number of hydrogen-bond donors (Lipinski definition) is 3. The Morgan fingerprint density at radius 1 is 0.790 bits per heavy atom. The van der Waals surface area contributed by atoms with Gasteiger partial charge in [0.05, 0.1) is 29.4 Å². The molecule has 1 aliphatic heterocycles. The molecular formula is C48H46N6O6S2. The smallest absolute Gasteiger partial charge is 0.241 e. The highest BCUT2D eigenvalue weighted by atomic mass is 32.2. The number of sulfonamides is 1. The first-order chi connectivity index (χ1) is 30.2. The molecule has 3 N–H and O–H groups in total. The van der Waals surface area contributed by atoms with Crippen molar-refractivity contribution in [3.8, 4) is 16.8 Å². The van der Waals surface area contributed by atoms with Gasteiger partial charge >= 0.3 is 0 Å². The number of thioether (sulfide) groups is 1. The van der Waals surface area contributed by atoms with Crippen LogP contribution in [0.4, 0.5) is 0 Å².